The van der Waals surface area contributed by atoms with Gasteiger partial charge in [-0.1, -0.05) is 30.3 Å². The molecule has 2 N–H and O–H groups in total. The van der Waals surface area contributed by atoms with Crippen LogP contribution < -0.4 is 5.32 Å². The van der Waals surface area contributed by atoms with Crippen LogP contribution in [0.5, 0.6) is 0 Å². The van der Waals surface area contributed by atoms with Gasteiger partial charge >= 0.3 is 5.97 Å². The molecule has 0 radical (unpaired) electrons. The fourth-order valence-electron chi connectivity index (χ4n) is 3.69. The van der Waals surface area contributed by atoms with Gasteiger partial charge in [-0.15, -0.1) is 0 Å². The summed E-state index contributed by atoms with van der Waals surface area (Å²) in [5.74, 6) is -0.803. The molecule has 0 saturated heterocycles. The lowest BCUT2D eigenvalue weighted by Crippen LogP contribution is -2.34. The van der Waals surface area contributed by atoms with Crippen LogP contribution >= 0.6 is 0 Å². The molecule has 5 heteroatoms. The molecular weight excluding hydrogens is 314 g/mol. The van der Waals surface area contributed by atoms with Crippen LogP contribution in [0.3, 0.4) is 0 Å². The van der Waals surface area contributed by atoms with Crippen molar-refractivity contribution in [3.8, 4) is 0 Å². The first kappa shape index (κ1) is 17.7. The Bertz CT molecular complexity index is 716. The molecule has 5 nitrogen and oxygen atoms in total. The normalized spacial score (nSPS) is 20.6. The molecule has 0 amide bonds. The summed E-state index contributed by atoms with van der Waals surface area (Å²) in [6, 6.07) is 10.8. The van der Waals surface area contributed by atoms with Gasteiger partial charge in [0.05, 0.1) is 18.2 Å². The van der Waals surface area contributed by atoms with Crippen molar-refractivity contribution in [1.82, 2.24) is 15.1 Å². The molecular formula is C20H27N3O2. The first-order valence-electron chi connectivity index (χ1n) is 9.07. The number of hydrogen-bond acceptors (Lipinski definition) is 3. The fourth-order valence-corrected chi connectivity index (χ4v) is 3.69. The smallest absolute Gasteiger partial charge is 0.306 e. The lowest BCUT2D eigenvalue weighted by atomic mass is 9.86. The molecule has 1 fully saturated rings. The summed E-state index contributed by atoms with van der Waals surface area (Å²) in [7, 11) is 0. The minimum Gasteiger partial charge on any atom is -0.481 e. The van der Waals surface area contributed by atoms with Gasteiger partial charge in [-0.05, 0) is 45.1 Å². The number of aryl methyl sites for hydroxylation is 1. The highest BCUT2D eigenvalue weighted by atomic mass is 16.4. The predicted molar refractivity (Wildman–Crippen MR) is 97.5 cm³/mol. The van der Waals surface area contributed by atoms with Gasteiger partial charge in [0, 0.05) is 23.8 Å². The summed E-state index contributed by atoms with van der Waals surface area (Å²) in [5, 5.41) is 17.4. The van der Waals surface area contributed by atoms with Crippen LogP contribution in [-0.4, -0.2) is 26.9 Å². The van der Waals surface area contributed by atoms with E-state index in [0.29, 0.717) is 6.04 Å². The second-order valence-electron chi connectivity index (χ2n) is 7.06. The van der Waals surface area contributed by atoms with Crippen molar-refractivity contribution in [1.29, 1.82) is 0 Å². The maximum Gasteiger partial charge on any atom is 0.306 e. The van der Waals surface area contributed by atoms with E-state index in [1.165, 1.54) is 16.8 Å². The lowest BCUT2D eigenvalue weighted by Gasteiger charge is -2.27. The van der Waals surface area contributed by atoms with E-state index >= 15 is 0 Å². The van der Waals surface area contributed by atoms with Crippen molar-refractivity contribution in [2.24, 2.45) is 5.92 Å². The highest BCUT2D eigenvalue weighted by Crippen LogP contribution is 2.25. The summed E-state index contributed by atoms with van der Waals surface area (Å²) < 4.78 is 2.07. The summed E-state index contributed by atoms with van der Waals surface area (Å²) >= 11 is 0. The lowest BCUT2D eigenvalue weighted by molar-refractivity contribution is -0.142. The third-order valence-electron chi connectivity index (χ3n) is 5.35. The number of nitrogens with one attached hydrogen (secondary N) is 1. The summed E-state index contributed by atoms with van der Waals surface area (Å²) in [4.78, 5) is 11.1. The average molecular weight is 341 g/mol. The number of carboxylic acids is 1. The SMILES string of the molecule is Cc1nn(Cc2ccccc2)c(C)c1CNC1CCC(C(=O)O)CC1. The highest BCUT2D eigenvalue weighted by Gasteiger charge is 2.25. The van der Waals surface area contributed by atoms with E-state index in [1.54, 1.807) is 0 Å². The van der Waals surface area contributed by atoms with E-state index in [4.69, 9.17) is 10.2 Å². The Morgan fingerprint density at radius 1 is 1.20 bits per heavy atom. The summed E-state index contributed by atoms with van der Waals surface area (Å²) in [6.45, 7) is 5.78. The molecule has 1 heterocycles. The standard InChI is InChI=1S/C20H27N3O2/c1-14-19(12-21-18-10-8-17(9-11-18)20(24)25)15(2)23(22-14)13-16-6-4-3-5-7-16/h3-7,17-18,21H,8-13H2,1-2H3,(H,24,25). The van der Waals surface area contributed by atoms with Crippen molar-refractivity contribution in [2.75, 3.05) is 0 Å². The largest absolute Gasteiger partial charge is 0.481 e. The highest BCUT2D eigenvalue weighted by molar-refractivity contribution is 5.70. The van der Waals surface area contributed by atoms with Crippen LogP contribution in [0, 0.1) is 19.8 Å². The van der Waals surface area contributed by atoms with Crippen LogP contribution in [0.2, 0.25) is 0 Å². The quantitative estimate of drug-likeness (QED) is 0.846. The summed E-state index contributed by atoms with van der Waals surface area (Å²) in [5.41, 5.74) is 4.78. The van der Waals surface area contributed by atoms with E-state index in [0.717, 1.165) is 44.5 Å². The zero-order valence-corrected chi connectivity index (χ0v) is 15.0. The Morgan fingerprint density at radius 2 is 1.88 bits per heavy atom. The van der Waals surface area contributed by atoms with Gasteiger partial charge in [0.1, 0.15) is 0 Å². The monoisotopic (exact) mass is 341 g/mol. The number of aromatic nitrogens is 2. The Morgan fingerprint density at radius 3 is 2.52 bits per heavy atom. The number of carboxylic acid groups (broad SMARTS) is 1. The number of hydrogen-bond donors (Lipinski definition) is 2. The van der Waals surface area contributed by atoms with Crippen molar-refractivity contribution in [3.05, 3.63) is 52.8 Å². The molecule has 0 unspecified atom stereocenters. The number of carbonyl (C=O) groups is 1. The van der Waals surface area contributed by atoms with Gasteiger partial charge in [0.25, 0.3) is 0 Å². The number of nitrogens with zero attached hydrogens (tertiary/aromatic N) is 2. The molecule has 1 aliphatic carbocycles. The molecule has 2 aromatic rings. The third-order valence-corrected chi connectivity index (χ3v) is 5.35. The van der Waals surface area contributed by atoms with Gasteiger partial charge < -0.3 is 10.4 Å². The van der Waals surface area contributed by atoms with Gasteiger partial charge in [-0.25, -0.2) is 0 Å². The van der Waals surface area contributed by atoms with Crippen LogP contribution in [0.4, 0.5) is 0 Å². The van der Waals surface area contributed by atoms with E-state index < -0.39 is 5.97 Å². The molecule has 134 valence electrons. The molecule has 3 rings (SSSR count). The van der Waals surface area contributed by atoms with E-state index in [2.05, 4.69) is 48.1 Å². The predicted octanol–water partition coefficient (Wildman–Crippen LogP) is 3.28. The maximum absolute atomic E-state index is 11.1. The van der Waals surface area contributed by atoms with Crippen molar-refractivity contribution < 1.29 is 9.90 Å². The summed E-state index contributed by atoms with van der Waals surface area (Å²) in [6.07, 6.45) is 3.43. The molecule has 0 bridgehead atoms. The molecule has 0 atom stereocenters. The number of aliphatic carboxylic acids is 1. The Labute approximate surface area is 149 Å². The molecule has 25 heavy (non-hydrogen) atoms. The zero-order valence-electron chi connectivity index (χ0n) is 15.0. The molecule has 1 aliphatic rings. The average Bonchev–Trinajstić information content (AvgIpc) is 2.88. The second kappa shape index (κ2) is 7.83. The molecule has 0 spiro atoms. The van der Waals surface area contributed by atoms with Crippen LogP contribution in [0.25, 0.3) is 0 Å². The second-order valence-corrected chi connectivity index (χ2v) is 7.06. The van der Waals surface area contributed by atoms with Crippen molar-refractivity contribution >= 4 is 5.97 Å². The van der Waals surface area contributed by atoms with Crippen molar-refractivity contribution in [3.63, 3.8) is 0 Å². The first-order valence-corrected chi connectivity index (χ1v) is 9.07. The van der Waals surface area contributed by atoms with Gasteiger partial charge in [0.2, 0.25) is 0 Å². The van der Waals surface area contributed by atoms with Crippen LogP contribution in [0.1, 0.15) is 48.2 Å². The molecule has 1 saturated carbocycles. The van der Waals surface area contributed by atoms with Gasteiger partial charge in [-0.3, -0.25) is 9.48 Å². The van der Waals surface area contributed by atoms with Crippen LogP contribution in [0.15, 0.2) is 30.3 Å². The molecule has 0 aliphatic heterocycles. The fraction of sp³-hybridized carbons (Fsp3) is 0.500. The molecule has 1 aromatic heterocycles. The van der Waals surface area contributed by atoms with Gasteiger partial charge in [0.15, 0.2) is 0 Å². The van der Waals surface area contributed by atoms with E-state index in [9.17, 15) is 4.79 Å². The van der Waals surface area contributed by atoms with Crippen molar-refractivity contribution in [2.45, 2.75) is 58.7 Å². The topological polar surface area (TPSA) is 67.2 Å². The first-order chi connectivity index (χ1) is 12.0. The number of rotatable bonds is 6. The number of benzene rings is 1. The minimum absolute atomic E-state index is 0.157. The third kappa shape index (κ3) is 4.28. The molecule has 1 aromatic carbocycles. The maximum atomic E-state index is 11.1. The van der Waals surface area contributed by atoms with E-state index in [-0.39, 0.29) is 5.92 Å². The zero-order chi connectivity index (χ0) is 17.8. The van der Waals surface area contributed by atoms with E-state index in [1.807, 2.05) is 6.07 Å². The minimum atomic E-state index is -0.646. The Kier molecular flexibility index (Phi) is 5.53. The Balaban J connectivity index is 1.59. The van der Waals surface area contributed by atoms with Crippen LogP contribution in [-0.2, 0) is 17.9 Å². The Hall–Kier alpha value is -2.14. The van der Waals surface area contributed by atoms with Gasteiger partial charge in [-0.2, -0.15) is 5.10 Å².